The normalized spacial score (nSPS) is 14.3. The molecule has 2 unspecified atom stereocenters. The highest BCUT2D eigenvalue weighted by atomic mass is 31.2. The Bertz CT molecular complexity index is 812. The van der Waals surface area contributed by atoms with Crippen molar-refractivity contribution >= 4 is 13.8 Å². The number of phosphoric ester groups is 1. The second-order valence-electron chi connectivity index (χ2n) is 13.9. The van der Waals surface area contributed by atoms with Crippen LogP contribution < -0.4 is 4.89 Å². The molecule has 0 aromatic heterocycles. The van der Waals surface area contributed by atoms with Crippen molar-refractivity contribution < 1.29 is 37.3 Å². The van der Waals surface area contributed by atoms with Gasteiger partial charge in [-0.1, -0.05) is 128 Å². The molecule has 0 fully saturated rings. The number of unbranched alkanes of at least 4 members (excludes halogenated alkanes) is 17. The van der Waals surface area contributed by atoms with Crippen LogP contribution in [0.25, 0.3) is 0 Å². The summed E-state index contributed by atoms with van der Waals surface area (Å²) in [4.78, 5) is 24.8. The van der Waals surface area contributed by atoms with Crippen LogP contribution in [-0.2, 0) is 27.9 Å². The van der Waals surface area contributed by atoms with Gasteiger partial charge in [-0.15, -0.1) is 0 Å². The second kappa shape index (κ2) is 32.2. The number of phosphoric acid groups is 1. The van der Waals surface area contributed by atoms with E-state index in [2.05, 4.69) is 38.2 Å². The average molecular weight is 688 g/mol. The van der Waals surface area contributed by atoms with Crippen molar-refractivity contribution in [2.24, 2.45) is 0 Å². The summed E-state index contributed by atoms with van der Waals surface area (Å²) in [5.41, 5.74) is 0. The number of ether oxygens (including phenoxy) is 2. The molecular weight excluding hydrogens is 613 g/mol. The predicted molar refractivity (Wildman–Crippen MR) is 194 cm³/mol. The highest BCUT2D eigenvalue weighted by molar-refractivity contribution is 7.45. The fourth-order valence-corrected chi connectivity index (χ4v) is 5.71. The van der Waals surface area contributed by atoms with Gasteiger partial charge in [0.1, 0.15) is 19.3 Å². The molecule has 2 atom stereocenters. The number of hydrogen-bond donors (Lipinski definition) is 0. The summed E-state index contributed by atoms with van der Waals surface area (Å²) in [6, 6.07) is 0. The molecule has 278 valence electrons. The first-order chi connectivity index (χ1) is 22.6. The summed E-state index contributed by atoms with van der Waals surface area (Å²) in [5.74, 6) is -0.342. The van der Waals surface area contributed by atoms with E-state index in [4.69, 9.17) is 18.5 Å². The van der Waals surface area contributed by atoms with Crippen molar-refractivity contribution in [2.45, 2.75) is 161 Å². The molecule has 0 rings (SSSR count). The fraction of sp³-hybridized carbons (Fsp3) is 0.868. The smallest absolute Gasteiger partial charge is 0.306 e. The van der Waals surface area contributed by atoms with E-state index in [9.17, 15) is 14.3 Å². The lowest BCUT2D eigenvalue weighted by atomic mass is 10.1. The van der Waals surface area contributed by atoms with E-state index in [-0.39, 0.29) is 25.8 Å². The third-order valence-corrected chi connectivity index (χ3v) is 8.97. The molecule has 0 amide bonds. The summed E-state index contributed by atoms with van der Waals surface area (Å²) in [5, 5.41) is 0. The fourth-order valence-electron chi connectivity index (χ4n) is 4.99. The van der Waals surface area contributed by atoms with Crippen LogP contribution in [0.5, 0.6) is 0 Å². The van der Waals surface area contributed by atoms with Gasteiger partial charge in [0.15, 0.2) is 0 Å². The molecule has 0 heterocycles. The molecule has 9 heteroatoms. The van der Waals surface area contributed by atoms with Crippen LogP contribution in [0.4, 0.5) is 0 Å². The van der Waals surface area contributed by atoms with E-state index in [1.165, 1.54) is 83.5 Å². The monoisotopic (exact) mass is 688 g/mol. The minimum Gasteiger partial charge on any atom is -0.756 e. The van der Waals surface area contributed by atoms with Crippen molar-refractivity contribution in [1.82, 2.24) is 0 Å². The van der Waals surface area contributed by atoms with E-state index in [0.717, 1.165) is 51.4 Å². The molecule has 0 radical (unpaired) electrons. The van der Waals surface area contributed by atoms with E-state index < -0.39 is 13.9 Å². The lowest BCUT2D eigenvalue weighted by Crippen LogP contribution is -2.37. The van der Waals surface area contributed by atoms with Crippen molar-refractivity contribution in [1.29, 1.82) is 0 Å². The van der Waals surface area contributed by atoms with Gasteiger partial charge in [-0.25, -0.2) is 0 Å². The molecule has 47 heavy (non-hydrogen) atoms. The molecule has 0 aromatic carbocycles. The van der Waals surface area contributed by atoms with Gasteiger partial charge in [-0.05, 0) is 44.9 Å². The third-order valence-electron chi connectivity index (χ3n) is 8.01. The molecule has 0 N–H and O–H groups in total. The molecule has 0 aliphatic carbocycles. The Kier molecular flexibility index (Phi) is 31.5. The largest absolute Gasteiger partial charge is 0.756 e. The summed E-state index contributed by atoms with van der Waals surface area (Å²) >= 11 is 0. The van der Waals surface area contributed by atoms with E-state index in [0.29, 0.717) is 24.1 Å². The molecule has 0 bridgehead atoms. The topological polar surface area (TPSA) is 94.1 Å². The number of nitrogens with zero attached hydrogens (tertiary/aromatic N) is 1. The maximum absolute atomic E-state index is 12.5. The van der Waals surface area contributed by atoms with E-state index in [1.54, 1.807) is 0 Å². The summed E-state index contributed by atoms with van der Waals surface area (Å²) in [7, 11) is 1.35. The highest BCUT2D eigenvalue weighted by Crippen LogP contribution is 2.38. The lowest BCUT2D eigenvalue weighted by Gasteiger charge is -2.28. The molecule has 0 aliphatic rings. The Morgan fingerprint density at radius 1 is 0.660 bits per heavy atom. The van der Waals surface area contributed by atoms with Crippen LogP contribution in [-0.4, -0.2) is 70.7 Å². The Hall–Kier alpha value is -1.02. The number of hydrogen-bond acceptors (Lipinski definition) is 7. The van der Waals surface area contributed by atoms with Crippen LogP contribution in [0.1, 0.15) is 155 Å². The van der Waals surface area contributed by atoms with Crippen molar-refractivity contribution in [3.8, 4) is 0 Å². The van der Waals surface area contributed by atoms with Crippen LogP contribution in [0.2, 0.25) is 0 Å². The quantitative estimate of drug-likeness (QED) is 0.0215. The molecule has 0 aromatic rings. The second-order valence-corrected chi connectivity index (χ2v) is 15.4. The molecule has 0 spiro atoms. The van der Waals surface area contributed by atoms with Gasteiger partial charge >= 0.3 is 5.97 Å². The zero-order chi connectivity index (χ0) is 34.9. The number of rotatable bonds is 35. The van der Waals surface area contributed by atoms with Gasteiger partial charge in [0.2, 0.25) is 0 Å². The number of esters is 1. The van der Waals surface area contributed by atoms with Gasteiger partial charge in [-0.3, -0.25) is 9.36 Å². The van der Waals surface area contributed by atoms with Crippen molar-refractivity contribution in [2.75, 3.05) is 54.1 Å². The molecular formula is C38H74NO7P. The molecule has 0 aliphatic heterocycles. The maximum atomic E-state index is 12.5. The first-order valence-corrected chi connectivity index (χ1v) is 20.5. The first-order valence-electron chi connectivity index (χ1n) is 19.1. The standard InChI is InChI=1S/C38H74NO7P/c1-6-8-10-12-14-16-17-18-19-20-21-22-24-26-28-30-33-43-35-37(36-45-47(41,42)44-34-32-39(3,4)5)46-38(40)31-29-27-25-23-15-13-11-9-7-2/h14,16,18-19,37H,6-13,15,17,20-36H2,1-5H3/b16-14-,19-18-. The maximum Gasteiger partial charge on any atom is 0.306 e. The number of likely N-dealkylation sites (N-methyl/N-ethyl adjacent to an activating group) is 1. The van der Waals surface area contributed by atoms with Crippen molar-refractivity contribution in [3.63, 3.8) is 0 Å². The highest BCUT2D eigenvalue weighted by Gasteiger charge is 2.20. The Morgan fingerprint density at radius 2 is 1.17 bits per heavy atom. The van der Waals surface area contributed by atoms with Gasteiger partial charge in [0.05, 0.1) is 34.4 Å². The molecule has 0 saturated carbocycles. The summed E-state index contributed by atoms with van der Waals surface area (Å²) in [6.07, 6.45) is 33.3. The van der Waals surface area contributed by atoms with Crippen LogP contribution >= 0.6 is 7.82 Å². The van der Waals surface area contributed by atoms with Gasteiger partial charge in [-0.2, -0.15) is 0 Å². The first kappa shape index (κ1) is 46.0. The van der Waals surface area contributed by atoms with Crippen LogP contribution in [0.15, 0.2) is 24.3 Å². The van der Waals surface area contributed by atoms with Crippen LogP contribution in [0, 0.1) is 0 Å². The van der Waals surface area contributed by atoms with Crippen molar-refractivity contribution in [3.05, 3.63) is 24.3 Å². The SMILES string of the molecule is CCCCC/C=C\C/C=C\CCCCCCCCOCC(COP(=O)([O-])OCC[N+](C)(C)C)OC(=O)CCCCCCCCCCC. The summed E-state index contributed by atoms with van der Waals surface area (Å²) < 4.78 is 34.4. The van der Waals surface area contributed by atoms with Crippen LogP contribution in [0.3, 0.4) is 0 Å². The Labute approximate surface area is 290 Å². The third kappa shape index (κ3) is 36.1. The Balaban J connectivity index is 4.27. The number of allylic oxidation sites excluding steroid dienone is 4. The molecule has 0 saturated heterocycles. The number of carbonyl (C=O) groups excluding carboxylic acids is 1. The zero-order valence-electron chi connectivity index (χ0n) is 31.2. The van der Waals surface area contributed by atoms with Gasteiger partial charge in [0.25, 0.3) is 7.82 Å². The van der Waals surface area contributed by atoms with E-state index in [1.807, 2.05) is 21.1 Å². The predicted octanol–water partition coefficient (Wildman–Crippen LogP) is 9.86. The van der Waals surface area contributed by atoms with Gasteiger partial charge < -0.3 is 27.9 Å². The number of carbonyl (C=O) groups is 1. The Morgan fingerprint density at radius 3 is 1.77 bits per heavy atom. The zero-order valence-corrected chi connectivity index (χ0v) is 32.1. The number of quaternary nitrogens is 1. The molecule has 8 nitrogen and oxygen atoms in total. The van der Waals surface area contributed by atoms with E-state index >= 15 is 0 Å². The average Bonchev–Trinajstić information content (AvgIpc) is 3.01. The summed E-state index contributed by atoms with van der Waals surface area (Å²) in [6.45, 7) is 5.34. The van der Waals surface area contributed by atoms with Gasteiger partial charge in [0, 0.05) is 13.0 Å². The minimum atomic E-state index is -4.51. The lowest BCUT2D eigenvalue weighted by molar-refractivity contribution is -0.870. The minimum absolute atomic E-state index is 0.0252.